The Morgan fingerprint density at radius 2 is 1.74 bits per heavy atom. The van der Waals surface area contributed by atoms with Crippen LogP contribution < -0.4 is 10.2 Å². The van der Waals surface area contributed by atoms with Gasteiger partial charge in [-0.2, -0.15) is 0 Å². The zero-order valence-electron chi connectivity index (χ0n) is 14.5. The van der Waals surface area contributed by atoms with Gasteiger partial charge in [0.1, 0.15) is 5.82 Å². The van der Waals surface area contributed by atoms with Crippen LogP contribution in [-0.4, -0.2) is 11.9 Å². The minimum atomic E-state index is -0.664. The van der Waals surface area contributed by atoms with Gasteiger partial charge in [-0.15, -0.1) is 0 Å². The van der Waals surface area contributed by atoms with Crippen molar-refractivity contribution in [3.05, 3.63) is 95.8 Å². The fraction of sp³-hybridized carbons (Fsp3) is 0.0870. The first-order chi connectivity index (χ1) is 13.2. The zero-order valence-corrected chi connectivity index (χ0v) is 14.5. The molecule has 27 heavy (non-hydrogen) atoms. The number of benzene rings is 3. The Bertz CT molecular complexity index is 1040. The summed E-state index contributed by atoms with van der Waals surface area (Å²) < 4.78 is 13.4. The molecule has 0 spiro atoms. The molecule has 1 amide bonds. The Balaban J connectivity index is 1.73. The summed E-state index contributed by atoms with van der Waals surface area (Å²) in [5, 5.41) is 2.92. The van der Waals surface area contributed by atoms with Gasteiger partial charge in [0.15, 0.2) is 6.04 Å². The monoisotopic (exact) mass is 356 g/mol. The first-order valence-corrected chi connectivity index (χ1v) is 8.68. The molecule has 0 bridgehead atoms. The lowest BCUT2D eigenvalue weighted by atomic mass is 10.1. The van der Waals surface area contributed by atoms with Crippen LogP contribution in [0.3, 0.4) is 0 Å². The molecule has 0 unspecified atom stereocenters. The summed E-state index contributed by atoms with van der Waals surface area (Å²) >= 11 is 0. The van der Waals surface area contributed by atoms with Gasteiger partial charge >= 0.3 is 0 Å². The van der Waals surface area contributed by atoms with Crippen LogP contribution in [0.4, 0.5) is 15.8 Å². The van der Waals surface area contributed by atoms with Gasteiger partial charge in [-0.3, -0.25) is 4.79 Å². The van der Waals surface area contributed by atoms with E-state index in [1.807, 2.05) is 59.5 Å². The van der Waals surface area contributed by atoms with E-state index in [-0.39, 0.29) is 11.7 Å². The lowest BCUT2D eigenvalue weighted by molar-refractivity contribution is -0.116. The summed E-state index contributed by atoms with van der Waals surface area (Å²) in [6.45, 7) is 0.549. The van der Waals surface area contributed by atoms with E-state index in [1.54, 1.807) is 12.1 Å². The molecule has 1 aliphatic rings. The van der Waals surface area contributed by atoms with Gasteiger partial charge in [-0.1, -0.05) is 60.4 Å². The number of carbonyl (C=O) groups excluding carboxylic acids is 1. The third-order valence-electron chi connectivity index (χ3n) is 4.40. The van der Waals surface area contributed by atoms with Crippen molar-refractivity contribution < 1.29 is 9.18 Å². The molecule has 0 saturated heterocycles. The maximum Gasteiger partial charge on any atom is 0.259 e. The number of hydrogen-bond donors (Lipinski definition) is 1. The minimum Gasteiger partial charge on any atom is -0.344 e. The highest BCUT2D eigenvalue weighted by molar-refractivity contribution is 6.05. The van der Waals surface area contributed by atoms with Crippen LogP contribution in [0.2, 0.25) is 0 Å². The summed E-state index contributed by atoms with van der Waals surface area (Å²) in [5.41, 5.74) is 3.31. The molecule has 3 aromatic rings. The molecule has 0 aliphatic carbocycles. The van der Waals surface area contributed by atoms with E-state index in [2.05, 4.69) is 17.2 Å². The molecule has 1 N–H and O–H groups in total. The topological polar surface area (TPSA) is 32.3 Å². The first kappa shape index (κ1) is 16.9. The standard InChI is InChI=1S/C23H17FN2O/c24-19-10-6-9-17(15-19)13-14-22-23(27)25-20-11-4-5-12-21(20)26(22)16-18-7-2-1-3-8-18/h1-12,15,22H,16H2,(H,25,27)/t22-/m1/s1. The summed E-state index contributed by atoms with van der Waals surface area (Å²) in [5.74, 6) is 5.43. The Labute approximate surface area is 157 Å². The maximum absolute atomic E-state index is 13.4. The maximum atomic E-state index is 13.4. The second-order valence-electron chi connectivity index (χ2n) is 6.30. The molecular weight excluding hydrogens is 339 g/mol. The third-order valence-corrected chi connectivity index (χ3v) is 4.40. The van der Waals surface area contributed by atoms with Crippen molar-refractivity contribution in [2.75, 3.05) is 10.2 Å². The van der Waals surface area contributed by atoms with Crippen LogP contribution >= 0.6 is 0 Å². The number of nitrogens with one attached hydrogen (secondary N) is 1. The van der Waals surface area contributed by atoms with Crippen molar-refractivity contribution in [1.29, 1.82) is 0 Å². The van der Waals surface area contributed by atoms with Gasteiger partial charge in [-0.05, 0) is 35.9 Å². The lowest BCUT2D eigenvalue weighted by Gasteiger charge is -2.35. The van der Waals surface area contributed by atoms with Crippen LogP contribution in [0.15, 0.2) is 78.9 Å². The summed E-state index contributed by atoms with van der Waals surface area (Å²) in [6, 6.07) is 23.0. The van der Waals surface area contributed by atoms with E-state index >= 15 is 0 Å². The molecule has 0 radical (unpaired) electrons. The predicted octanol–water partition coefficient (Wildman–Crippen LogP) is 4.20. The van der Waals surface area contributed by atoms with Gasteiger partial charge in [0.05, 0.1) is 11.4 Å². The molecule has 3 nitrogen and oxygen atoms in total. The van der Waals surface area contributed by atoms with E-state index in [4.69, 9.17) is 0 Å². The molecule has 3 aromatic carbocycles. The summed E-state index contributed by atoms with van der Waals surface area (Å²) in [4.78, 5) is 14.7. The number of carbonyl (C=O) groups is 1. The molecule has 132 valence electrons. The highest BCUT2D eigenvalue weighted by Crippen LogP contribution is 2.32. The number of halogens is 1. The third kappa shape index (κ3) is 3.68. The Kier molecular flexibility index (Phi) is 4.59. The second-order valence-corrected chi connectivity index (χ2v) is 6.30. The molecular formula is C23H17FN2O. The predicted molar refractivity (Wildman–Crippen MR) is 105 cm³/mol. The smallest absolute Gasteiger partial charge is 0.259 e. The normalized spacial score (nSPS) is 15.4. The van der Waals surface area contributed by atoms with Crippen molar-refractivity contribution in [2.45, 2.75) is 12.6 Å². The zero-order chi connectivity index (χ0) is 18.6. The van der Waals surface area contributed by atoms with Crippen molar-refractivity contribution in [2.24, 2.45) is 0 Å². The number of rotatable bonds is 2. The van der Waals surface area contributed by atoms with Gasteiger partial charge in [0.25, 0.3) is 5.91 Å². The fourth-order valence-electron chi connectivity index (χ4n) is 3.13. The molecule has 0 fully saturated rings. The first-order valence-electron chi connectivity index (χ1n) is 8.68. The number of amides is 1. The van der Waals surface area contributed by atoms with E-state index in [0.29, 0.717) is 12.1 Å². The molecule has 0 saturated carbocycles. The molecule has 4 heteroatoms. The van der Waals surface area contributed by atoms with Crippen LogP contribution in [-0.2, 0) is 11.3 Å². The van der Waals surface area contributed by atoms with E-state index in [9.17, 15) is 9.18 Å². The average Bonchev–Trinajstić information content (AvgIpc) is 2.68. The van der Waals surface area contributed by atoms with Crippen LogP contribution in [0.5, 0.6) is 0 Å². The lowest BCUT2D eigenvalue weighted by Crippen LogP contribution is -2.46. The minimum absolute atomic E-state index is 0.187. The molecule has 1 heterocycles. The highest BCUT2D eigenvalue weighted by atomic mass is 19.1. The van der Waals surface area contributed by atoms with Crippen molar-refractivity contribution in [3.8, 4) is 11.8 Å². The molecule has 4 rings (SSSR count). The van der Waals surface area contributed by atoms with Crippen LogP contribution in [0.1, 0.15) is 11.1 Å². The summed E-state index contributed by atoms with van der Waals surface area (Å²) in [6.07, 6.45) is 0. The number of nitrogens with zero attached hydrogens (tertiary/aromatic N) is 1. The van der Waals surface area contributed by atoms with E-state index in [0.717, 1.165) is 16.9 Å². The van der Waals surface area contributed by atoms with Crippen LogP contribution in [0, 0.1) is 17.7 Å². The van der Waals surface area contributed by atoms with Gasteiger partial charge < -0.3 is 10.2 Å². The quantitative estimate of drug-likeness (QED) is 0.698. The Morgan fingerprint density at radius 3 is 2.56 bits per heavy atom. The highest BCUT2D eigenvalue weighted by Gasteiger charge is 2.31. The Morgan fingerprint density at radius 1 is 0.963 bits per heavy atom. The number of anilines is 2. The number of fused-ring (bicyclic) bond motifs is 1. The van der Waals surface area contributed by atoms with Gasteiger partial charge in [0, 0.05) is 12.1 Å². The van der Waals surface area contributed by atoms with E-state index < -0.39 is 6.04 Å². The van der Waals surface area contributed by atoms with Crippen molar-refractivity contribution in [3.63, 3.8) is 0 Å². The average molecular weight is 356 g/mol. The fourth-order valence-corrected chi connectivity index (χ4v) is 3.13. The molecule has 0 aromatic heterocycles. The van der Waals surface area contributed by atoms with Crippen molar-refractivity contribution >= 4 is 17.3 Å². The van der Waals surface area contributed by atoms with E-state index in [1.165, 1.54) is 12.1 Å². The Hall–Kier alpha value is -3.58. The molecule has 1 aliphatic heterocycles. The number of para-hydroxylation sites is 2. The number of hydrogen-bond acceptors (Lipinski definition) is 2. The summed E-state index contributed by atoms with van der Waals surface area (Å²) in [7, 11) is 0. The molecule has 1 atom stereocenters. The van der Waals surface area contributed by atoms with Gasteiger partial charge in [0.2, 0.25) is 0 Å². The largest absolute Gasteiger partial charge is 0.344 e. The van der Waals surface area contributed by atoms with Crippen molar-refractivity contribution in [1.82, 2.24) is 0 Å². The SMILES string of the molecule is O=C1Nc2ccccc2N(Cc2ccccc2)[C@@H]1C#Cc1cccc(F)c1. The van der Waals surface area contributed by atoms with Gasteiger partial charge in [-0.25, -0.2) is 4.39 Å². The second kappa shape index (κ2) is 7.35. The van der Waals surface area contributed by atoms with Crippen LogP contribution in [0.25, 0.3) is 0 Å².